The van der Waals surface area contributed by atoms with Crippen molar-refractivity contribution in [2.45, 2.75) is 32.9 Å². The molecule has 0 fully saturated rings. The summed E-state index contributed by atoms with van der Waals surface area (Å²) < 4.78 is 7.61. The molecule has 18 heavy (non-hydrogen) atoms. The Morgan fingerprint density at radius 1 is 1.50 bits per heavy atom. The Kier molecular flexibility index (Phi) is 2.74. The molecule has 1 atom stereocenters. The van der Waals surface area contributed by atoms with Crippen molar-refractivity contribution in [2.24, 2.45) is 5.92 Å². The molecule has 0 radical (unpaired) electrons. The summed E-state index contributed by atoms with van der Waals surface area (Å²) in [7, 11) is 0. The van der Waals surface area contributed by atoms with Crippen LogP contribution in [0.25, 0.3) is 10.9 Å². The van der Waals surface area contributed by atoms with Crippen LogP contribution >= 0.6 is 0 Å². The van der Waals surface area contributed by atoms with Crippen molar-refractivity contribution in [3.05, 3.63) is 23.9 Å². The molecule has 2 heterocycles. The van der Waals surface area contributed by atoms with Crippen LogP contribution in [0.2, 0.25) is 0 Å². The van der Waals surface area contributed by atoms with Gasteiger partial charge in [0.25, 0.3) is 0 Å². The van der Waals surface area contributed by atoms with Crippen LogP contribution in [-0.4, -0.2) is 27.6 Å². The first-order chi connectivity index (χ1) is 8.65. The number of benzene rings is 1. The molecule has 1 aromatic carbocycles. The predicted octanol–water partition coefficient (Wildman–Crippen LogP) is 1.99. The molecule has 1 aliphatic heterocycles. The van der Waals surface area contributed by atoms with Crippen molar-refractivity contribution in [2.75, 3.05) is 6.61 Å². The quantitative estimate of drug-likeness (QED) is 0.881. The van der Waals surface area contributed by atoms with E-state index in [9.17, 15) is 5.11 Å². The van der Waals surface area contributed by atoms with Crippen molar-refractivity contribution in [1.82, 2.24) is 9.78 Å². The van der Waals surface area contributed by atoms with E-state index in [1.54, 1.807) is 0 Å². The van der Waals surface area contributed by atoms with Gasteiger partial charge in [-0.05, 0) is 18.1 Å². The van der Waals surface area contributed by atoms with E-state index in [-0.39, 0.29) is 0 Å². The minimum Gasteiger partial charge on any atom is -0.491 e. The number of aromatic nitrogens is 2. The van der Waals surface area contributed by atoms with Gasteiger partial charge in [0.15, 0.2) is 0 Å². The van der Waals surface area contributed by atoms with Crippen molar-refractivity contribution in [1.29, 1.82) is 0 Å². The van der Waals surface area contributed by atoms with Crippen LogP contribution in [0.1, 0.15) is 19.4 Å². The SMILES string of the molecule is CC(C)Cn1ncc2ccc3c(c21)C[C@H](O)CO3. The summed E-state index contributed by atoms with van der Waals surface area (Å²) in [4.78, 5) is 0. The van der Waals surface area contributed by atoms with Crippen LogP contribution in [-0.2, 0) is 13.0 Å². The molecule has 0 bridgehead atoms. The minimum atomic E-state index is -0.412. The number of aliphatic hydroxyl groups is 1. The molecule has 4 nitrogen and oxygen atoms in total. The zero-order valence-corrected chi connectivity index (χ0v) is 10.8. The van der Waals surface area contributed by atoms with E-state index in [2.05, 4.69) is 18.9 Å². The number of aliphatic hydroxyl groups excluding tert-OH is 1. The predicted molar refractivity (Wildman–Crippen MR) is 69.8 cm³/mol. The third-order valence-electron chi connectivity index (χ3n) is 3.27. The Bertz CT molecular complexity index is 574. The lowest BCUT2D eigenvalue weighted by Gasteiger charge is -2.23. The molecule has 1 aliphatic rings. The lowest BCUT2D eigenvalue weighted by atomic mass is 10.0. The normalized spacial score (nSPS) is 19.0. The second kappa shape index (κ2) is 4.28. The van der Waals surface area contributed by atoms with Gasteiger partial charge >= 0.3 is 0 Å². The van der Waals surface area contributed by atoms with Crippen molar-refractivity contribution >= 4 is 10.9 Å². The highest BCUT2D eigenvalue weighted by Gasteiger charge is 2.22. The molecule has 4 heteroatoms. The fraction of sp³-hybridized carbons (Fsp3) is 0.500. The van der Waals surface area contributed by atoms with Crippen LogP contribution < -0.4 is 4.74 Å². The van der Waals surface area contributed by atoms with Crippen molar-refractivity contribution in [3.8, 4) is 5.75 Å². The zero-order chi connectivity index (χ0) is 12.7. The lowest BCUT2D eigenvalue weighted by molar-refractivity contribution is 0.0926. The largest absolute Gasteiger partial charge is 0.491 e. The Balaban J connectivity index is 2.16. The molecule has 0 saturated carbocycles. The van der Waals surface area contributed by atoms with Crippen LogP contribution in [0.3, 0.4) is 0 Å². The van der Waals surface area contributed by atoms with Gasteiger partial charge in [0.2, 0.25) is 0 Å². The topological polar surface area (TPSA) is 47.3 Å². The fourth-order valence-electron chi connectivity index (χ4n) is 2.53. The molecule has 96 valence electrons. The van der Waals surface area contributed by atoms with E-state index in [4.69, 9.17) is 4.74 Å². The molecular formula is C14H18N2O2. The van der Waals surface area contributed by atoms with E-state index in [0.717, 1.165) is 28.8 Å². The lowest BCUT2D eigenvalue weighted by Crippen LogP contribution is -2.26. The summed E-state index contributed by atoms with van der Waals surface area (Å²) in [6.45, 7) is 5.62. The van der Waals surface area contributed by atoms with Crippen LogP contribution in [0, 0.1) is 5.92 Å². The summed E-state index contributed by atoms with van der Waals surface area (Å²) >= 11 is 0. The Morgan fingerprint density at radius 3 is 3.11 bits per heavy atom. The first-order valence-corrected chi connectivity index (χ1v) is 6.43. The number of rotatable bonds is 2. The van der Waals surface area contributed by atoms with Gasteiger partial charge in [0.1, 0.15) is 12.4 Å². The van der Waals surface area contributed by atoms with Gasteiger partial charge in [0, 0.05) is 23.9 Å². The molecule has 1 N–H and O–H groups in total. The molecule has 2 aromatic rings. The first-order valence-electron chi connectivity index (χ1n) is 6.43. The minimum absolute atomic E-state index is 0.386. The molecule has 0 amide bonds. The average Bonchev–Trinajstić information content (AvgIpc) is 2.72. The smallest absolute Gasteiger partial charge is 0.124 e. The number of nitrogens with zero attached hydrogens (tertiary/aromatic N) is 2. The Labute approximate surface area is 106 Å². The maximum atomic E-state index is 9.77. The Hall–Kier alpha value is -1.55. The summed E-state index contributed by atoms with van der Waals surface area (Å²) in [6.07, 6.45) is 2.13. The third kappa shape index (κ3) is 1.86. The second-order valence-electron chi connectivity index (χ2n) is 5.37. The van der Waals surface area contributed by atoms with Gasteiger partial charge < -0.3 is 9.84 Å². The Morgan fingerprint density at radius 2 is 2.33 bits per heavy atom. The molecule has 0 aliphatic carbocycles. The van der Waals surface area contributed by atoms with Crippen LogP contribution in [0.15, 0.2) is 18.3 Å². The molecular weight excluding hydrogens is 228 g/mol. The standard InChI is InChI=1S/C14H18N2O2/c1-9(2)7-16-14-10(6-15-16)3-4-13-12(14)5-11(17)8-18-13/h3-4,6,9,11,17H,5,7-8H2,1-2H3/t11-/m0/s1. The maximum absolute atomic E-state index is 9.77. The van der Waals surface area contributed by atoms with Gasteiger partial charge in [0.05, 0.1) is 17.8 Å². The first kappa shape index (κ1) is 11.5. The summed E-state index contributed by atoms with van der Waals surface area (Å²) in [5, 5.41) is 15.3. The number of hydrogen-bond donors (Lipinski definition) is 1. The van der Waals surface area contributed by atoms with E-state index in [1.165, 1.54) is 0 Å². The second-order valence-corrected chi connectivity index (χ2v) is 5.37. The van der Waals surface area contributed by atoms with Crippen molar-refractivity contribution < 1.29 is 9.84 Å². The molecule has 0 spiro atoms. The highest BCUT2D eigenvalue weighted by molar-refractivity contribution is 5.84. The van der Waals surface area contributed by atoms with Gasteiger partial charge in [-0.25, -0.2) is 0 Å². The van der Waals surface area contributed by atoms with E-state index >= 15 is 0 Å². The van der Waals surface area contributed by atoms with Gasteiger partial charge in [-0.15, -0.1) is 0 Å². The number of fused-ring (bicyclic) bond motifs is 3. The van der Waals surface area contributed by atoms with Crippen LogP contribution in [0.5, 0.6) is 5.75 Å². The molecule has 0 unspecified atom stereocenters. The van der Waals surface area contributed by atoms with E-state index < -0.39 is 6.10 Å². The van der Waals surface area contributed by atoms with Gasteiger partial charge in [-0.2, -0.15) is 5.10 Å². The zero-order valence-electron chi connectivity index (χ0n) is 10.8. The van der Waals surface area contributed by atoms with Crippen LogP contribution in [0.4, 0.5) is 0 Å². The van der Waals surface area contributed by atoms with E-state index in [0.29, 0.717) is 18.9 Å². The number of hydrogen-bond acceptors (Lipinski definition) is 3. The summed E-state index contributed by atoms with van der Waals surface area (Å²) in [5.74, 6) is 1.43. The third-order valence-corrected chi connectivity index (χ3v) is 3.27. The number of ether oxygens (including phenoxy) is 1. The molecule has 3 rings (SSSR count). The highest BCUT2D eigenvalue weighted by Crippen LogP contribution is 2.32. The van der Waals surface area contributed by atoms with E-state index in [1.807, 2.05) is 23.0 Å². The fourth-order valence-corrected chi connectivity index (χ4v) is 2.53. The van der Waals surface area contributed by atoms with Gasteiger partial charge in [-0.3, -0.25) is 4.68 Å². The monoisotopic (exact) mass is 246 g/mol. The summed E-state index contributed by atoms with van der Waals surface area (Å²) in [6, 6.07) is 4.01. The van der Waals surface area contributed by atoms with Crippen molar-refractivity contribution in [3.63, 3.8) is 0 Å². The summed E-state index contributed by atoms with van der Waals surface area (Å²) in [5.41, 5.74) is 2.20. The van der Waals surface area contributed by atoms with Gasteiger partial charge in [-0.1, -0.05) is 13.8 Å². The molecule has 1 aromatic heterocycles. The molecule has 0 saturated heterocycles. The maximum Gasteiger partial charge on any atom is 0.124 e. The average molecular weight is 246 g/mol. The highest BCUT2D eigenvalue weighted by atomic mass is 16.5.